The largest absolute Gasteiger partial charge is 0.466 e. The SMILES string of the molecule is O=C1CCCCC/C=C\CCCCCCCO1. The minimum atomic E-state index is -0.00682. The molecular weight excluding hydrogens is 212 g/mol. The molecule has 0 saturated carbocycles. The molecule has 1 aliphatic heterocycles. The van der Waals surface area contributed by atoms with Crippen LogP contribution in [0.15, 0.2) is 12.2 Å². The molecule has 1 aliphatic rings. The summed E-state index contributed by atoms with van der Waals surface area (Å²) in [7, 11) is 0. The van der Waals surface area contributed by atoms with Crippen LogP contribution in [0, 0.1) is 0 Å². The molecule has 0 amide bonds. The first kappa shape index (κ1) is 14.3. The third-order valence-electron chi connectivity index (χ3n) is 3.20. The van der Waals surface area contributed by atoms with Gasteiger partial charge in [-0.05, 0) is 38.5 Å². The highest BCUT2D eigenvalue weighted by atomic mass is 16.5. The van der Waals surface area contributed by atoms with E-state index in [4.69, 9.17) is 4.74 Å². The summed E-state index contributed by atoms with van der Waals surface area (Å²) in [6.45, 7) is 0.624. The Kier molecular flexibility index (Phi) is 8.71. The van der Waals surface area contributed by atoms with Gasteiger partial charge >= 0.3 is 5.97 Å². The first-order chi connectivity index (χ1) is 8.39. The van der Waals surface area contributed by atoms with Gasteiger partial charge in [-0.2, -0.15) is 0 Å². The zero-order valence-electron chi connectivity index (χ0n) is 11.0. The fraction of sp³-hybridized carbons (Fsp3) is 0.800. The normalized spacial score (nSPS) is 23.9. The molecule has 0 aromatic carbocycles. The van der Waals surface area contributed by atoms with Crippen LogP contribution in [-0.2, 0) is 9.53 Å². The monoisotopic (exact) mass is 238 g/mol. The van der Waals surface area contributed by atoms with Crippen molar-refractivity contribution in [1.82, 2.24) is 0 Å². The molecule has 0 radical (unpaired) electrons. The molecule has 1 rings (SSSR count). The fourth-order valence-electron chi connectivity index (χ4n) is 2.10. The highest BCUT2D eigenvalue weighted by Gasteiger charge is 2.02. The number of rotatable bonds is 0. The van der Waals surface area contributed by atoms with Gasteiger partial charge in [-0.1, -0.05) is 37.8 Å². The van der Waals surface area contributed by atoms with Crippen molar-refractivity contribution in [3.63, 3.8) is 0 Å². The summed E-state index contributed by atoms with van der Waals surface area (Å²) in [4.78, 5) is 11.3. The van der Waals surface area contributed by atoms with Crippen molar-refractivity contribution >= 4 is 5.97 Å². The number of ether oxygens (including phenoxy) is 1. The van der Waals surface area contributed by atoms with E-state index in [0.29, 0.717) is 13.0 Å². The van der Waals surface area contributed by atoms with Gasteiger partial charge < -0.3 is 4.74 Å². The van der Waals surface area contributed by atoms with Crippen LogP contribution in [0.1, 0.15) is 70.6 Å². The Hall–Kier alpha value is -0.790. The molecule has 0 aromatic heterocycles. The van der Waals surface area contributed by atoms with Gasteiger partial charge in [-0.15, -0.1) is 0 Å². The topological polar surface area (TPSA) is 26.3 Å². The van der Waals surface area contributed by atoms with Crippen molar-refractivity contribution in [3.8, 4) is 0 Å². The van der Waals surface area contributed by atoms with Crippen LogP contribution in [0.25, 0.3) is 0 Å². The van der Waals surface area contributed by atoms with Crippen LogP contribution in [0.2, 0.25) is 0 Å². The molecule has 0 fully saturated rings. The van der Waals surface area contributed by atoms with E-state index < -0.39 is 0 Å². The lowest BCUT2D eigenvalue weighted by Gasteiger charge is -2.05. The molecule has 0 N–H and O–H groups in total. The molecule has 0 bridgehead atoms. The second-order valence-corrected chi connectivity index (χ2v) is 4.85. The Labute approximate surface area is 105 Å². The second kappa shape index (κ2) is 10.4. The summed E-state index contributed by atoms with van der Waals surface area (Å²) in [6, 6.07) is 0. The summed E-state index contributed by atoms with van der Waals surface area (Å²) in [5.74, 6) is -0.00682. The third-order valence-corrected chi connectivity index (χ3v) is 3.20. The minimum absolute atomic E-state index is 0.00682. The maximum absolute atomic E-state index is 11.3. The predicted octanol–water partition coefficient (Wildman–Crippen LogP) is 4.39. The smallest absolute Gasteiger partial charge is 0.305 e. The second-order valence-electron chi connectivity index (χ2n) is 4.85. The van der Waals surface area contributed by atoms with Gasteiger partial charge in [0.1, 0.15) is 0 Å². The van der Waals surface area contributed by atoms with E-state index in [1.54, 1.807) is 0 Å². The lowest BCUT2D eigenvalue weighted by molar-refractivity contribution is -0.143. The van der Waals surface area contributed by atoms with E-state index >= 15 is 0 Å². The molecule has 0 atom stereocenters. The zero-order chi connectivity index (χ0) is 12.2. The van der Waals surface area contributed by atoms with Crippen molar-refractivity contribution in [2.24, 2.45) is 0 Å². The summed E-state index contributed by atoms with van der Waals surface area (Å²) in [6.07, 6.45) is 17.0. The molecule has 1 heterocycles. The van der Waals surface area contributed by atoms with Crippen molar-refractivity contribution in [2.45, 2.75) is 70.6 Å². The fourth-order valence-corrected chi connectivity index (χ4v) is 2.10. The van der Waals surface area contributed by atoms with Gasteiger partial charge in [0.25, 0.3) is 0 Å². The van der Waals surface area contributed by atoms with Crippen molar-refractivity contribution in [3.05, 3.63) is 12.2 Å². The van der Waals surface area contributed by atoms with Crippen LogP contribution in [0.4, 0.5) is 0 Å². The maximum Gasteiger partial charge on any atom is 0.305 e. The summed E-state index contributed by atoms with van der Waals surface area (Å²) >= 11 is 0. The minimum Gasteiger partial charge on any atom is -0.466 e. The van der Waals surface area contributed by atoms with Gasteiger partial charge in [0.05, 0.1) is 6.61 Å². The number of allylic oxidation sites excluding steroid dienone is 2. The molecule has 17 heavy (non-hydrogen) atoms. The number of hydrogen-bond acceptors (Lipinski definition) is 2. The molecule has 2 nitrogen and oxygen atoms in total. The Morgan fingerprint density at radius 3 is 2.12 bits per heavy atom. The number of carbonyl (C=O) groups excluding carboxylic acids is 1. The molecule has 2 heteroatoms. The maximum atomic E-state index is 11.3. The number of hydrogen-bond donors (Lipinski definition) is 0. The molecule has 0 unspecified atom stereocenters. The molecule has 98 valence electrons. The van der Waals surface area contributed by atoms with Crippen molar-refractivity contribution < 1.29 is 9.53 Å². The first-order valence-corrected chi connectivity index (χ1v) is 7.20. The van der Waals surface area contributed by atoms with E-state index in [-0.39, 0.29) is 5.97 Å². The standard InChI is InChI=1S/C15H26O2/c16-15-13-11-9-7-5-3-1-2-4-6-8-10-12-14-17-15/h1,3H,2,4-14H2/b3-1-. The van der Waals surface area contributed by atoms with Gasteiger partial charge in [0.2, 0.25) is 0 Å². The molecule has 0 saturated heterocycles. The van der Waals surface area contributed by atoms with E-state index in [1.165, 1.54) is 38.5 Å². The Balaban J connectivity index is 2.18. The Bertz CT molecular complexity index is 221. The third kappa shape index (κ3) is 8.96. The molecule has 0 aromatic rings. The summed E-state index contributed by atoms with van der Waals surface area (Å²) in [5.41, 5.74) is 0. The number of carbonyl (C=O) groups is 1. The van der Waals surface area contributed by atoms with Crippen LogP contribution in [-0.4, -0.2) is 12.6 Å². The van der Waals surface area contributed by atoms with Crippen LogP contribution >= 0.6 is 0 Å². The van der Waals surface area contributed by atoms with E-state index in [9.17, 15) is 4.79 Å². The predicted molar refractivity (Wildman–Crippen MR) is 70.9 cm³/mol. The van der Waals surface area contributed by atoms with Gasteiger partial charge in [-0.3, -0.25) is 4.79 Å². The average Bonchev–Trinajstić information content (AvgIpc) is 2.32. The molecule has 0 spiro atoms. The summed E-state index contributed by atoms with van der Waals surface area (Å²) < 4.78 is 5.19. The summed E-state index contributed by atoms with van der Waals surface area (Å²) in [5, 5.41) is 0. The Morgan fingerprint density at radius 2 is 1.35 bits per heavy atom. The highest BCUT2D eigenvalue weighted by Crippen LogP contribution is 2.09. The van der Waals surface area contributed by atoms with Gasteiger partial charge in [0, 0.05) is 6.42 Å². The zero-order valence-corrected chi connectivity index (χ0v) is 11.0. The quantitative estimate of drug-likeness (QED) is 0.462. The Morgan fingerprint density at radius 1 is 0.765 bits per heavy atom. The van der Waals surface area contributed by atoms with Gasteiger partial charge in [-0.25, -0.2) is 0 Å². The van der Waals surface area contributed by atoms with Crippen LogP contribution < -0.4 is 0 Å². The first-order valence-electron chi connectivity index (χ1n) is 7.20. The van der Waals surface area contributed by atoms with E-state index in [1.807, 2.05) is 0 Å². The van der Waals surface area contributed by atoms with Gasteiger partial charge in [0.15, 0.2) is 0 Å². The van der Waals surface area contributed by atoms with E-state index in [0.717, 1.165) is 25.7 Å². The van der Waals surface area contributed by atoms with Crippen LogP contribution in [0.5, 0.6) is 0 Å². The number of cyclic esters (lactones) is 1. The lowest BCUT2D eigenvalue weighted by atomic mass is 10.1. The lowest BCUT2D eigenvalue weighted by Crippen LogP contribution is -2.05. The van der Waals surface area contributed by atoms with Crippen LogP contribution in [0.3, 0.4) is 0 Å². The van der Waals surface area contributed by atoms with Crippen molar-refractivity contribution in [1.29, 1.82) is 0 Å². The molecular formula is C15H26O2. The van der Waals surface area contributed by atoms with Crippen molar-refractivity contribution in [2.75, 3.05) is 6.61 Å². The molecule has 0 aliphatic carbocycles. The highest BCUT2D eigenvalue weighted by molar-refractivity contribution is 5.69. The number of esters is 1. The van der Waals surface area contributed by atoms with E-state index in [2.05, 4.69) is 12.2 Å². The average molecular weight is 238 g/mol.